The van der Waals surface area contributed by atoms with Crippen molar-refractivity contribution in [1.29, 1.82) is 0 Å². The maximum absolute atomic E-state index is 13.0. The molecule has 184 valence electrons. The molecule has 4 rings (SSSR count). The van der Waals surface area contributed by atoms with Crippen LogP contribution in [0.1, 0.15) is 43.5 Å². The molecular formula is C28H39N3O2S. The number of piperidine rings is 1. The third kappa shape index (κ3) is 6.92. The van der Waals surface area contributed by atoms with Gasteiger partial charge in [0.2, 0.25) is 0 Å². The highest BCUT2D eigenvalue weighted by Gasteiger charge is 2.22. The van der Waals surface area contributed by atoms with Crippen molar-refractivity contribution in [3.8, 4) is 5.75 Å². The maximum Gasteiger partial charge on any atom is 0.254 e. The monoisotopic (exact) mass is 481 g/mol. The van der Waals surface area contributed by atoms with Crippen LogP contribution in [0.3, 0.4) is 0 Å². The minimum atomic E-state index is 0.140. The first kappa shape index (κ1) is 24.9. The summed E-state index contributed by atoms with van der Waals surface area (Å²) in [6, 6.07) is 16.5. The molecule has 0 radical (unpaired) electrons. The van der Waals surface area contributed by atoms with E-state index in [9.17, 15) is 4.79 Å². The smallest absolute Gasteiger partial charge is 0.254 e. The standard InChI is InChI=1S/C28H39N3O2S/c1-3-34-27-9-4-8-24(21-27)28(32)31-18-16-30(17-19-31)25-10-12-26(13-11-25)33-20-6-15-29-14-5-7-23(2)22-29/h4,8-13,21,23H,3,5-7,14-20,22H2,1-2H3. The van der Waals surface area contributed by atoms with E-state index < -0.39 is 0 Å². The van der Waals surface area contributed by atoms with Gasteiger partial charge in [0.05, 0.1) is 6.61 Å². The number of piperazine rings is 1. The van der Waals surface area contributed by atoms with Gasteiger partial charge < -0.3 is 19.4 Å². The van der Waals surface area contributed by atoms with Gasteiger partial charge in [-0.05, 0) is 79.9 Å². The first-order chi connectivity index (χ1) is 16.6. The van der Waals surface area contributed by atoms with Crippen molar-refractivity contribution in [3.05, 3.63) is 54.1 Å². The van der Waals surface area contributed by atoms with Crippen LogP contribution in [0, 0.1) is 5.92 Å². The molecule has 2 aliphatic heterocycles. The molecule has 2 aliphatic rings. The van der Waals surface area contributed by atoms with E-state index in [0.29, 0.717) is 0 Å². The zero-order valence-corrected chi connectivity index (χ0v) is 21.6. The summed E-state index contributed by atoms with van der Waals surface area (Å²) in [6.45, 7) is 12.1. The van der Waals surface area contributed by atoms with Gasteiger partial charge in [-0.15, -0.1) is 11.8 Å². The number of rotatable bonds is 9. The molecule has 6 heteroatoms. The first-order valence-electron chi connectivity index (χ1n) is 12.8. The largest absolute Gasteiger partial charge is 0.494 e. The Balaban J connectivity index is 1.20. The van der Waals surface area contributed by atoms with E-state index in [0.717, 1.165) is 73.6 Å². The van der Waals surface area contributed by atoms with Crippen molar-refractivity contribution >= 4 is 23.4 Å². The molecule has 1 amide bonds. The zero-order chi connectivity index (χ0) is 23.8. The van der Waals surface area contributed by atoms with Gasteiger partial charge in [-0.25, -0.2) is 0 Å². The average Bonchev–Trinajstić information content (AvgIpc) is 2.87. The molecule has 5 nitrogen and oxygen atoms in total. The van der Waals surface area contributed by atoms with Gasteiger partial charge in [-0.3, -0.25) is 4.79 Å². The van der Waals surface area contributed by atoms with Gasteiger partial charge in [0.15, 0.2) is 0 Å². The van der Waals surface area contributed by atoms with Gasteiger partial charge in [0.25, 0.3) is 5.91 Å². The summed E-state index contributed by atoms with van der Waals surface area (Å²) in [7, 11) is 0. The van der Waals surface area contributed by atoms with Gasteiger partial charge >= 0.3 is 0 Å². The summed E-state index contributed by atoms with van der Waals surface area (Å²) in [4.78, 5) is 21.0. The fraction of sp³-hybridized carbons (Fsp3) is 0.536. The number of carbonyl (C=O) groups excluding carboxylic acids is 1. The molecule has 2 saturated heterocycles. The molecule has 1 atom stereocenters. The quantitative estimate of drug-likeness (QED) is 0.361. The van der Waals surface area contributed by atoms with Crippen LogP contribution in [0.5, 0.6) is 5.75 Å². The Morgan fingerprint density at radius 1 is 1.06 bits per heavy atom. The zero-order valence-electron chi connectivity index (χ0n) is 20.7. The Morgan fingerprint density at radius 2 is 1.85 bits per heavy atom. The number of amides is 1. The minimum Gasteiger partial charge on any atom is -0.494 e. The first-order valence-corrected chi connectivity index (χ1v) is 13.8. The lowest BCUT2D eigenvalue weighted by Crippen LogP contribution is -2.48. The van der Waals surface area contributed by atoms with Crippen molar-refractivity contribution in [2.75, 3.05) is 63.1 Å². The van der Waals surface area contributed by atoms with Crippen LogP contribution in [-0.2, 0) is 0 Å². The molecule has 1 unspecified atom stereocenters. The van der Waals surface area contributed by atoms with E-state index >= 15 is 0 Å². The molecule has 34 heavy (non-hydrogen) atoms. The normalized spacial score (nSPS) is 19.3. The number of ether oxygens (including phenoxy) is 1. The van der Waals surface area contributed by atoms with Crippen LogP contribution in [0.4, 0.5) is 5.69 Å². The lowest BCUT2D eigenvalue weighted by atomic mass is 10.0. The van der Waals surface area contributed by atoms with Crippen LogP contribution in [0.25, 0.3) is 0 Å². The van der Waals surface area contributed by atoms with Crippen LogP contribution in [0.2, 0.25) is 0 Å². The van der Waals surface area contributed by atoms with Gasteiger partial charge in [-0.2, -0.15) is 0 Å². The molecule has 2 aromatic rings. The second-order valence-electron chi connectivity index (χ2n) is 9.48. The second kappa shape index (κ2) is 12.5. The summed E-state index contributed by atoms with van der Waals surface area (Å²) in [6.07, 6.45) is 3.78. The van der Waals surface area contributed by atoms with Crippen molar-refractivity contribution in [3.63, 3.8) is 0 Å². The number of nitrogens with zero attached hydrogens (tertiary/aromatic N) is 3. The molecule has 0 spiro atoms. The maximum atomic E-state index is 13.0. The molecular weight excluding hydrogens is 442 g/mol. The van der Waals surface area contributed by atoms with Crippen LogP contribution < -0.4 is 9.64 Å². The number of hydrogen-bond acceptors (Lipinski definition) is 5. The highest BCUT2D eigenvalue weighted by molar-refractivity contribution is 7.99. The van der Waals surface area contributed by atoms with E-state index in [-0.39, 0.29) is 5.91 Å². The van der Waals surface area contributed by atoms with Gasteiger partial charge in [0, 0.05) is 55.4 Å². The number of benzene rings is 2. The van der Waals surface area contributed by atoms with E-state index in [4.69, 9.17) is 4.74 Å². The third-order valence-corrected chi connectivity index (χ3v) is 7.67. The van der Waals surface area contributed by atoms with Crippen LogP contribution in [-0.4, -0.2) is 73.9 Å². The van der Waals surface area contributed by atoms with Gasteiger partial charge in [0.1, 0.15) is 5.75 Å². The molecule has 0 aliphatic carbocycles. The molecule has 2 fully saturated rings. The van der Waals surface area contributed by atoms with E-state index in [1.165, 1.54) is 31.6 Å². The van der Waals surface area contributed by atoms with Crippen LogP contribution in [0.15, 0.2) is 53.4 Å². The lowest BCUT2D eigenvalue weighted by molar-refractivity contribution is 0.0746. The number of carbonyl (C=O) groups is 1. The van der Waals surface area contributed by atoms with Crippen molar-refractivity contribution in [2.45, 2.75) is 38.0 Å². The number of hydrogen-bond donors (Lipinski definition) is 0. The van der Waals surface area contributed by atoms with Crippen molar-refractivity contribution in [1.82, 2.24) is 9.80 Å². The fourth-order valence-corrected chi connectivity index (χ4v) is 5.68. The third-order valence-electron chi connectivity index (χ3n) is 6.79. The van der Waals surface area contributed by atoms with Crippen molar-refractivity contribution < 1.29 is 9.53 Å². The van der Waals surface area contributed by atoms with Crippen molar-refractivity contribution in [2.24, 2.45) is 5.92 Å². The predicted octanol–water partition coefficient (Wildman–Crippen LogP) is 5.26. The lowest BCUT2D eigenvalue weighted by Gasteiger charge is -2.36. The molecule has 2 heterocycles. The topological polar surface area (TPSA) is 36.0 Å². The Bertz CT molecular complexity index is 912. The number of anilines is 1. The van der Waals surface area contributed by atoms with E-state index in [1.807, 2.05) is 23.1 Å². The Labute approximate surface area is 209 Å². The summed E-state index contributed by atoms with van der Waals surface area (Å²) in [5, 5.41) is 0. The fourth-order valence-electron chi connectivity index (χ4n) is 4.96. The molecule has 0 aromatic heterocycles. The predicted molar refractivity (Wildman–Crippen MR) is 142 cm³/mol. The molecule has 0 N–H and O–H groups in total. The highest BCUT2D eigenvalue weighted by Crippen LogP contribution is 2.23. The molecule has 0 saturated carbocycles. The summed E-state index contributed by atoms with van der Waals surface area (Å²) >= 11 is 1.77. The minimum absolute atomic E-state index is 0.140. The SMILES string of the molecule is CCSc1cccc(C(=O)N2CCN(c3ccc(OCCCN4CCCC(C)C4)cc3)CC2)c1. The summed E-state index contributed by atoms with van der Waals surface area (Å²) in [5.41, 5.74) is 1.99. The summed E-state index contributed by atoms with van der Waals surface area (Å²) in [5.74, 6) is 2.92. The summed E-state index contributed by atoms with van der Waals surface area (Å²) < 4.78 is 5.99. The van der Waals surface area contributed by atoms with Gasteiger partial charge in [-0.1, -0.05) is 19.9 Å². The van der Waals surface area contributed by atoms with E-state index in [2.05, 4.69) is 54.0 Å². The van der Waals surface area contributed by atoms with Crippen LogP contribution >= 0.6 is 11.8 Å². The average molecular weight is 482 g/mol. The number of likely N-dealkylation sites (tertiary alicyclic amines) is 1. The Kier molecular flexibility index (Phi) is 9.17. The molecule has 0 bridgehead atoms. The molecule has 2 aromatic carbocycles. The Morgan fingerprint density at radius 3 is 2.59 bits per heavy atom. The highest BCUT2D eigenvalue weighted by atomic mass is 32.2. The number of thioether (sulfide) groups is 1. The Hall–Kier alpha value is -2.18. The van der Waals surface area contributed by atoms with E-state index in [1.54, 1.807) is 11.8 Å². The second-order valence-corrected chi connectivity index (χ2v) is 10.8.